The molecule has 1 heterocycles. The van der Waals surface area contributed by atoms with E-state index in [2.05, 4.69) is 73.9 Å². The van der Waals surface area contributed by atoms with E-state index in [0.717, 1.165) is 18.8 Å². The zero-order valence-electron chi connectivity index (χ0n) is 15.4. The highest BCUT2D eigenvalue weighted by Crippen LogP contribution is 2.49. The van der Waals surface area contributed by atoms with Crippen LogP contribution in [0, 0.1) is 11.3 Å². The molecule has 1 unspecified atom stereocenters. The van der Waals surface area contributed by atoms with Gasteiger partial charge in [0.05, 0.1) is 23.0 Å². The normalized spacial score (nSPS) is 14.2. The fourth-order valence-corrected chi connectivity index (χ4v) is 4.51. The molecule has 2 aromatic carbocycles. The number of hydrogen-bond donors (Lipinski definition) is 0. The summed E-state index contributed by atoms with van der Waals surface area (Å²) in [4.78, 5) is 7.40. The number of likely N-dealkylation sites (N-methyl/N-ethyl adjacent to an activating group) is 1. The van der Waals surface area contributed by atoms with Crippen molar-refractivity contribution in [2.24, 2.45) is 0 Å². The summed E-state index contributed by atoms with van der Waals surface area (Å²) in [5.41, 5.74) is 3.10. The zero-order chi connectivity index (χ0) is 18.0. The molecule has 130 valence electrons. The topological polar surface area (TPSA) is 30.3 Å². The number of anilines is 2. The molecule has 0 aromatic heterocycles. The molecule has 4 heteroatoms. The largest absolute Gasteiger partial charge is 0.335 e. The number of hydrogen-bond acceptors (Lipinski definition) is 4. The second kappa shape index (κ2) is 7.51. The van der Waals surface area contributed by atoms with Crippen molar-refractivity contribution < 1.29 is 0 Å². The number of nitrogens with zero attached hydrogens (tertiary/aromatic N) is 3. The molecule has 0 N–H and O–H groups in total. The Kier molecular flexibility index (Phi) is 5.36. The lowest BCUT2D eigenvalue weighted by molar-refractivity contribution is 0.222. The van der Waals surface area contributed by atoms with Crippen molar-refractivity contribution in [2.75, 3.05) is 18.0 Å². The van der Waals surface area contributed by atoms with Crippen molar-refractivity contribution in [2.45, 2.75) is 49.6 Å². The Labute approximate surface area is 155 Å². The van der Waals surface area contributed by atoms with Gasteiger partial charge in [0, 0.05) is 28.4 Å². The predicted octanol–water partition coefficient (Wildman–Crippen LogP) is 5.28. The Hall–Kier alpha value is -1.96. The van der Waals surface area contributed by atoms with Gasteiger partial charge in [-0.3, -0.25) is 4.90 Å². The summed E-state index contributed by atoms with van der Waals surface area (Å²) in [6.45, 7) is 11.0. The van der Waals surface area contributed by atoms with E-state index in [4.69, 9.17) is 0 Å². The quantitative estimate of drug-likeness (QED) is 0.733. The highest BCUT2D eigenvalue weighted by molar-refractivity contribution is 7.99. The molecule has 0 aliphatic carbocycles. The molecular weight excluding hydrogens is 326 g/mol. The maximum atomic E-state index is 9.33. The first-order valence-electron chi connectivity index (χ1n) is 8.89. The van der Waals surface area contributed by atoms with E-state index >= 15 is 0 Å². The summed E-state index contributed by atoms with van der Waals surface area (Å²) in [6, 6.07) is 17.7. The van der Waals surface area contributed by atoms with E-state index in [0.29, 0.717) is 17.6 Å². The van der Waals surface area contributed by atoms with Crippen LogP contribution in [0.3, 0.4) is 0 Å². The van der Waals surface area contributed by atoms with Crippen LogP contribution in [0.4, 0.5) is 11.4 Å². The summed E-state index contributed by atoms with van der Waals surface area (Å²) >= 11 is 1.79. The fourth-order valence-electron chi connectivity index (χ4n) is 3.45. The summed E-state index contributed by atoms with van der Waals surface area (Å²) < 4.78 is 0. The molecule has 1 atom stereocenters. The van der Waals surface area contributed by atoms with Crippen LogP contribution in [0.15, 0.2) is 52.3 Å². The number of fused-ring (bicyclic) bond motifs is 2. The first-order valence-corrected chi connectivity index (χ1v) is 9.71. The van der Waals surface area contributed by atoms with E-state index in [9.17, 15) is 5.26 Å². The predicted molar refractivity (Wildman–Crippen MR) is 106 cm³/mol. The first-order chi connectivity index (χ1) is 12.0. The zero-order valence-corrected chi connectivity index (χ0v) is 16.2. The van der Waals surface area contributed by atoms with E-state index in [1.807, 2.05) is 12.1 Å². The minimum absolute atomic E-state index is 0.317. The summed E-state index contributed by atoms with van der Waals surface area (Å²) in [5.74, 6) is 0. The SMILES string of the molecule is CCN(CC(C)N1c2ccccc2Sc2ccc(C#N)cc21)C(C)C. The van der Waals surface area contributed by atoms with Gasteiger partial charge in [-0.05, 0) is 57.6 Å². The van der Waals surface area contributed by atoms with Gasteiger partial charge in [-0.2, -0.15) is 5.26 Å². The van der Waals surface area contributed by atoms with Crippen LogP contribution in [0.5, 0.6) is 0 Å². The van der Waals surface area contributed by atoms with Crippen molar-refractivity contribution >= 4 is 23.1 Å². The van der Waals surface area contributed by atoms with Crippen molar-refractivity contribution in [1.82, 2.24) is 4.90 Å². The Morgan fingerprint density at radius 2 is 1.80 bits per heavy atom. The number of benzene rings is 2. The maximum absolute atomic E-state index is 9.33. The van der Waals surface area contributed by atoms with Crippen molar-refractivity contribution in [3.63, 3.8) is 0 Å². The lowest BCUT2D eigenvalue weighted by Gasteiger charge is -2.40. The third-order valence-corrected chi connectivity index (χ3v) is 5.90. The summed E-state index contributed by atoms with van der Waals surface area (Å²) in [7, 11) is 0. The van der Waals surface area contributed by atoms with Gasteiger partial charge in [0.1, 0.15) is 0 Å². The molecule has 0 saturated carbocycles. The van der Waals surface area contributed by atoms with Crippen LogP contribution in [0.1, 0.15) is 33.3 Å². The van der Waals surface area contributed by atoms with Gasteiger partial charge < -0.3 is 4.90 Å². The van der Waals surface area contributed by atoms with Crippen molar-refractivity contribution in [3.05, 3.63) is 48.0 Å². The Bertz CT molecular complexity index is 794. The highest BCUT2D eigenvalue weighted by Gasteiger charge is 2.28. The second-order valence-electron chi connectivity index (χ2n) is 6.76. The van der Waals surface area contributed by atoms with Gasteiger partial charge in [-0.25, -0.2) is 0 Å². The fraction of sp³-hybridized carbons (Fsp3) is 0.381. The number of rotatable bonds is 5. The van der Waals surface area contributed by atoms with Gasteiger partial charge in [0.25, 0.3) is 0 Å². The second-order valence-corrected chi connectivity index (χ2v) is 7.85. The van der Waals surface area contributed by atoms with Crippen molar-refractivity contribution in [3.8, 4) is 6.07 Å². The Morgan fingerprint density at radius 1 is 1.08 bits per heavy atom. The van der Waals surface area contributed by atoms with Gasteiger partial charge >= 0.3 is 0 Å². The number of nitriles is 1. The molecule has 3 rings (SSSR count). The molecule has 2 aromatic rings. The van der Waals surface area contributed by atoms with Crippen LogP contribution in [-0.2, 0) is 0 Å². The third kappa shape index (κ3) is 3.53. The molecule has 0 spiro atoms. The molecular formula is C21H25N3S. The van der Waals surface area contributed by atoms with E-state index in [1.165, 1.54) is 15.5 Å². The lowest BCUT2D eigenvalue weighted by Crippen LogP contribution is -2.43. The van der Waals surface area contributed by atoms with Crippen molar-refractivity contribution in [1.29, 1.82) is 5.26 Å². The molecule has 25 heavy (non-hydrogen) atoms. The molecule has 1 aliphatic heterocycles. The van der Waals surface area contributed by atoms with Gasteiger partial charge in [0.15, 0.2) is 0 Å². The smallest absolute Gasteiger partial charge is 0.0992 e. The molecule has 3 nitrogen and oxygen atoms in total. The minimum Gasteiger partial charge on any atom is -0.335 e. The Balaban J connectivity index is 2.04. The standard InChI is InChI=1S/C21H25N3S/c1-5-23(15(2)3)14-16(4)24-18-8-6-7-9-20(18)25-21-11-10-17(13-22)12-19(21)24/h6-12,15-16H,5,14H2,1-4H3. The minimum atomic E-state index is 0.317. The molecule has 0 bridgehead atoms. The van der Waals surface area contributed by atoms with Crippen LogP contribution in [0.25, 0.3) is 0 Å². The average molecular weight is 352 g/mol. The average Bonchev–Trinajstić information content (AvgIpc) is 2.63. The summed E-state index contributed by atoms with van der Waals surface area (Å²) in [5, 5.41) is 9.33. The van der Waals surface area contributed by atoms with E-state index in [1.54, 1.807) is 11.8 Å². The maximum Gasteiger partial charge on any atom is 0.0992 e. The molecule has 0 radical (unpaired) electrons. The highest BCUT2D eigenvalue weighted by atomic mass is 32.2. The Morgan fingerprint density at radius 3 is 2.48 bits per heavy atom. The van der Waals surface area contributed by atoms with Gasteiger partial charge in [-0.1, -0.05) is 30.8 Å². The third-order valence-electron chi connectivity index (χ3n) is 4.77. The van der Waals surface area contributed by atoms with Gasteiger partial charge in [-0.15, -0.1) is 0 Å². The first kappa shape index (κ1) is 17.8. The van der Waals surface area contributed by atoms with Gasteiger partial charge in [0.2, 0.25) is 0 Å². The monoisotopic (exact) mass is 351 g/mol. The van der Waals surface area contributed by atoms with E-state index in [-0.39, 0.29) is 0 Å². The lowest BCUT2D eigenvalue weighted by atomic mass is 10.1. The van der Waals surface area contributed by atoms with Crippen LogP contribution < -0.4 is 4.90 Å². The molecule has 0 saturated heterocycles. The van der Waals surface area contributed by atoms with Crippen LogP contribution >= 0.6 is 11.8 Å². The van der Waals surface area contributed by atoms with Crippen LogP contribution in [-0.4, -0.2) is 30.1 Å². The molecule has 0 fully saturated rings. The number of para-hydroxylation sites is 1. The van der Waals surface area contributed by atoms with E-state index < -0.39 is 0 Å². The van der Waals surface area contributed by atoms with Crippen LogP contribution in [0.2, 0.25) is 0 Å². The summed E-state index contributed by atoms with van der Waals surface area (Å²) in [6.07, 6.45) is 0. The molecule has 0 amide bonds. The molecule has 1 aliphatic rings.